The third-order valence-corrected chi connectivity index (χ3v) is 6.38. The minimum Gasteiger partial charge on any atom is -0.477 e. The number of carboxylic acids is 1. The molecule has 0 spiro atoms. The standard InChI is InChI=1S/C17H19N3O4S/c1-8-6-25-12-5-18(7-19(8)12)4-11-9(2)14-13(10(3)21)16(22)20(14)15(11)17(23)24/h5-7,9-10,13-14,21H,4H2,1-3H3/p+1/t9-,10+,13+,14+/m0/s1. The van der Waals surface area contributed by atoms with Gasteiger partial charge in [-0.15, -0.1) is 0 Å². The van der Waals surface area contributed by atoms with E-state index in [9.17, 15) is 19.8 Å². The predicted molar refractivity (Wildman–Crippen MR) is 89.8 cm³/mol. The Morgan fingerprint density at radius 2 is 2.20 bits per heavy atom. The Morgan fingerprint density at radius 3 is 2.80 bits per heavy atom. The van der Waals surface area contributed by atoms with Crippen molar-refractivity contribution < 1.29 is 24.4 Å². The van der Waals surface area contributed by atoms with Gasteiger partial charge in [0.1, 0.15) is 24.1 Å². The highest BCUT2D eigenvalue weighted by molar-refractivity contribution is 7.15. The maximum atomic E-state index is 12.3. The summed E-state index contributed by atoms with van der Waals surface area (Å²) in [5.41, 5.74) is 1.94. The zero-order valence-electron chi connectivity index (χ0n) is 14.2. The Labute approximate surface area is 148 Å². The average Bonchev–Trinajstić information content (AvgIpc) is 3.14. The van der Waals surface area contributed by atoms with Gasteiger partial charge in [0.05, 0.1) is 18.1 Å². The van der Waals surface area contributed by atoms with Crippen LogP contribution in [-0.4, -0.2) is 43.5 Å². The van der Waals surface area contributed by atoms with Crippen LogP contribution in [0.5, 0.6) is 0 Å². The number of nitrogens with zero attached hydrogens (tertiary/aromatic N) is 3. The Hall–Kier alpha value is -2.19. The summed E-state index contributed by atoms with van der Waals surface area (Å²) in [6.07, 6.45) is 3.16. The SMILES string of the molecule is Cc1csc2c[n+](CC3=C(C(=O)O)N4C(=O)[C@H]([C@@H](C)O)[C@H]4[C@H]3C)cn12. The van der Waals surface area contributed by atoms with Crippen LogP contribution in [0.25, 0.3) is 4.83 Å². The summed E-state index contributed by atoms with van der Waals surface area (Å²) in [4.78, 5) is 26.6. The number of hydrogen-bond acceptors (Lipinski definition) is 4. The van der Waals surface area contributed by atoms with Crippen LogP contribution >= 0.6 is 11.3 Å². The van der Waals surface area contributed by atoms with E-state index in [1.165, 1.54) is 4.90 Å². The fourth-order valence-electron chi connectivity index (χ4n) is 4.13. The zero-order valence-corrected chi connectivity index (χ0v) is 15.0. The lowest BCUT2D eigenvalue weighted by Gasteiger charge is -2.46. The van der Waals surface area contributed by atoms with Crippen molar-refractivity contribution in [3.05, 3.63) is 34.9 Å². The number of rotatable bonds is 4. The van der Waals surface area contributed by atoms with Gasteiger partial charge in [0.15, 0.2) is 0 Å². The number of β-lactam (4-membered cyclic amide) rings is 1. The molecule has 132 valence electrons. The molecule has 0 bridgehead atoms. The topological polar surface area (TPSA) is 86.1 Å². The molecular weight excluding hydrogens is 342 g/mol. The van der Waals surface area contributed by atoms with Crippen LogP contribution < -0.4 is 4.57 Å². The number of aliphatic hydroxyl groups is 1. The second-order valence-electron chi connectivity index (χ2n) is 6.94. The van der Waals surface area contributed by atoms with Gasteiger partial charge >= 0.3 is 5.97 Å². The summed E-state index contributed by atoms with van der Waals surface area (Å²) in [5, 5.41) is 21.6. The van der Waals surface area contributed by atoms with E-state index in [1.54, 1.807) is 18.3 Å². The van der Waals surface area contributed by atoms with Crippen molar-refractivity contribution in [2.45, 2.75) is 39.5 Å². The lowest BCUT2D eigenvalue weighted by Crippen LogP contribution is -2.63. The third kappa shape index (κ3) is 2.17. The first-order valence-corrected chi connectivity index (χ1v) is 9.12. The number of aliphatic carboxylic acids is 1. The fourth-order valence-corrected chi connectivity index (χ4v) is 5.04. The molecule has 2 N–H and O–H groups in total. The summed E-state index contributed by atoms with van der Waals surface area (Å²) in [6, 6.07) is -0.264. The molecule has 0 saturated carbocycles. The smallest absolute Gasteiger partial charge is 0.352 e. The van der Waals surface area contributed by atoms with Crippen LogP contribution in [0.4, 0.5) is 0 Å². The first-order valence-electron chi connectivity index (χ1n) is 8.24. The molecule has 4 rings (SSSR count). The molecule has 1 amide bonds. The summed E-state index contributed by atoms with van der Waals surface area (Å²) in [5.74, 6) is -2.00. The van der Waals surface area contributed by atoms with E-state index in [4.69, 9.17) is 0 Å². The highest BCUT2D eigenvalue weighted by Gasteiger charge is 2.60. The Morgan fingerprint density at radius 1 is 1.48 bits per heavy atom. The maximum Gasteiger partial charge on any atom is 0.352 e. The van der Waals surface area contributed by atoms with Crippen LogP contribution in [0.3, 0.4) is 0 Å². The molecule has 8 heteroatoms. The average molecular weight is 362 g/mol. The number of carbonyl (C=O) groups is 2. The molecule has 2 aromatic rings. The molecule has 0 radical (unpaired) electrons. The first-order chi connectivity index (χ1) is 11.8. The fraction of sp³-hybridized carbons (Fsp3) is 0.471. The second-order valence-corrected chi connectivity index (χ2v) is 7.82. The Kier molecular flexibility index (Phi) is 3.52. The van der Waals surface area contributed by atoms with Gasteiger partial charge in [0.2, 0.25) is 17.1 Å². The number of thiazole rings is 1. The molecular formula is C17H20N3O4S+. The van der Waals surface area contributed by atoms with Crippen molar-refractivity contribution in [2.24, 2.45) is 11.8 Å². The van der Waals surface area contributed by atoms with Crippen molar-refractivity contribution in [1.82, 2.24) is 9.30 Å². The number of aliphatic hydroxyl groups excluding tert-OH is 1. The largest absolute Gasteiger partial charge is 0.477 e. The zero-order chi connectivity index (χ0) is 18.0. The Balaban J connectivity index is 1.72. The second kappa shape index (κ2) is 5.40. The quantitative estimate of drug-likeness (QED) is 0.622. The molecule has 25 heavy (non-hydrogen) atoms. The monoisotopic (exact) mass is 362 g/mol. The van der Waals surface area contributed by atoms with Gasteiger partial charge in [-0.05, 0) is 13.8 Å². The number of amides is 1. The minimum atomic E-state index is -1.08. The molecule has 2 aliphatic rings. The van der Waals surface area contributed by atoms with E-state index in [1.807, 2.05) is 30.9 Å². The molecule has 0 unspecified atom stereocenters. The number of imidazole rings is 1. The number of carbonyl (C=O) groups excluding carboxylic acids is 1. The number of aryl methyl sites for hydroxylation is 1. The van der Waals surface area contributed by atoms with E-state index < -0.39 is 18.0 Å². The molecule has 7 nitrogen and oxygen atoms in total. The highest BCUT2D eigenvalue weighted by Crippen LogP contribution is 2.47. The maximum absolute atomic E-state index is 12.3. The Bertz CT molecular complexity index is 926. The molecule has 0 aromatic carbocycles. The summed E-state index contributed by atoms with van der Waals surface area (Å²) >= 11 is 1.63. The molecule has 2 aromatic heterocycles. The van der Waals surface area contributed by atoms with Gasteiger partial charge in [-0.1, -0.05) is 18.3 Å². The normalized spacial score (nSPS) is 27.0. The number of carboxylic acid groups (broad SMARTS) is 1. The van der Waals surface area contributed by atoms with Crippen molar-refractivity contribution in [3.63, 3.8) is 0 Å². The molecule has 1 fully saturated rings. The van der Waals surface area contributed by atoms with E-state index >= 15 is 0 Å². The third-order valence-electron chi connectivity index (χ3n) is 5.38. The van der Waals surface area contributed by atoms with Crippen molar-refractivity contribution >= 4 is 28.0 Å². The van der Waals surface area contributed by atoms with Crippen molar-refractivity contribution in [1.29, 1.82) is 0 Å². The summed E-state index contributed by atoms with van der Waals surface area (Å²) < 4.78 is 4.02. The van der Waals surface area contributed by atoms with E-state index in [2.05, 4.69) is 9.78 Å². The van der Waals surface area contributed by atoms with Crippen LogP contribution in [0.2, 0.25) is 0 Å². The number of hydrogen-bond donors (Lipinski definition) is 2. The van der Waals surface area contributed by atoms with Crippen molar-refractivity contribution in [2.75, 3.05) is 0 Å². The molecule has 0 aliphatic carbocycles. The summed E-state index contributed by atoms with van der Waals surface area (Å²) in [7, 11) is 0. The van der Waals surface area contributed by atoms with E-state index in [0.717, 1.165) is 16.1 Å². The lowest BCUT2D eigenvalue weighted by molar-refractivity contribution is -0.688. The molecule has 4 atom stereocenters. The van der Waals surface area contributed by atoms with E-state index in [-0.39, 0.29) is 23.6 Å². The summed E-state index contributed by atoms with van der Waals surface area (Å²) in [6.45, 7) is 5.97. The van der Waals surface area contributed by atoms with Gasteiger partial charge in [-0.3, -0.25) is 4.79 Å². The lowest BCUT2D eigenvalue weighted by atomic mass is 9.78. The van der Waals surface area contributed by atoms with Gasteiger partial charge in [-0.25, -0.2) is 9.36 Å². The van der Waals surface area contributed by atoms with Crippen LogP contribution in [0.1, 0.15) is 19.5 Å². The van der Waals surface area contributed by atoms with Crippen molar-refractivity contribution in [3.8, 4) is 0 Å². The first kappa shape index (κ1) is 16.3. The van der Waals surface area contributed by atoms with Gasteiger partial charge < -0.3 is 15.1 Å². The molecule has 1 saturated heterocycles. The number of fused-ring (bicyclic) bond motifs is 2. The predicted octanol–water partition coefficient (Wildman–Crippen LogP) is 0.793. The van der Waals surface area contributed by atoms with Gasteiger partial charge in [-0.2, -0.15) is 4.40 Å². The highest BCUT2D eigenvalue weighted by atomic mass is 32.1. The number of aromatic nitrogens is 2. The van der Waals surface area contributed by atoms with Gasteiger partial charge in [0.25, 0.3) is 0 Å². The van der Waals surface area contributed by atoms with Crippen LogP contribution in [0.15, 0.2) is 29.2 Å². The van der Waals surface area contributed by atoms with Gasteiger partial charge in [0, 0.05) is 16.9 Å². The molecule has 4 heterocycles. The molecule has 2 aliphatic heterocycles. The minimum absolute atomic E-state index is 0.0816. The van der Waals surface area contributed by atoms with Crippen LogP contribution in [0, 0.1) is 18.8 Å². The van der Waals surface area contributed by atoms with E-state index in [0.29, 0.717) is 6.54 Å². The van der Waals surface area contributed by atoms with Crippen LogP contribution in [-0.2, 0) is 16.1 Å².